The summed E-state index contributed by atoms with van der Waals surface area (Å²) in [7, 11) is 2.08. The summed E-state index contributed by atoms with van der Waals surface area (Å²) >= 11 is 0. The van der Waals surface area contributed by atoms with Crippen LogP contribution in [0.2, 0.25) is 0 Å². The molecule has 18 heavy (non-hydrogen) atoms. The molecule has 1 N–H and O–H groups in total. The second-order valence-electron chi connectivity index (χ2n) is 5.69. The van der Waals surface area contributed by atoms with E-state index in [1.54, 1.807) is 0 Å². The van der Waals surface area contributed by atoms with Crippen molar-refractivity contribution in [1.82, 2.24) is 10.3 Å². The lowest BCUT2D eigenvalue weighted by Gasteiger charge is -2.33. The molecule has 1 aliphatic rings. The molecule has 1 aromatic heterocycles. The van der Waals surface area contributed by atoms with Gasteiger partial charge in [0.15, 0.2) is 0 Å². The summed E-state index contributed by atoms with van der Waals surface area (Å²) < 4.78 is 0. The Morgan fingerprint density at radius 3 is 2.50 bits per heavy atom. The Hall–Kier alpha value is -0.890. The van der Waals surface area contributed by atoms with E-state index in [0.29, 0.717) is 6.04 Å². The molecule has 2 heteroatoms. The quantitative estimate of drug-likeness (QED) is 0.872. The highest BCUT2D eigenvalue weighted by molar-refractivity contribution is 5.18. The second-order valence-corrected chi connectivity index (χ2v) is 5.69. The largest absolute Gasteiger partial charge is 0.313 e. The first-order chi connectivity index (χ1) is 8.74. The Morgan fingerprint density at radius 1 is 1.28 bits per heavy atom. The van der Waals surface area contributed by atoms with Gasteiger partial charge in [-0.2, -0.15) is 0 Å². The van der Waals surface area contributed by atoms with E-state index in [1.807, 2.05) is 13.1 Å². The van der Waals surface area contributed by atoms with Gasteiger partial charge in [0.25, 0.3) is 0 Å². The van der Waals surface area contributed by atoms with E-state index in [-0.39, 0.29) is 0 Å². The van der Waals surface area contributed by atoms with E-state index in [4.69, 9.17) is 0 Å². The van der Waals surface area contributed by atoms with Crippen molar-refractivity contribution in [2.75, 3.05) is 7.05 Å². The predicted molar refractivity (Wildman–Crippen MR) is 76.5 cm³/mol. The molecule has 0 bridgehead atoms. The van der Waals surface area contributed by atoms with Gasteiger partial charge >= 0.3 is 0 Å². The third-order valence-electron chi connectivity index (χ3n) is 4.54. The van der Waals surface area contributed by atoms with Gasteiger partial charge in [-0.1, -0.05) is 32.3 Å². The van der Waals surface area contributed by atoms with Gasteiger partial charge in [0.2, 0.25) is 0 Å². The van der Waals surface area contributed by atoms with Gasteiger partial charge in [-0.25, -0.2) is 0 Å². The molecule has 1 atom stereocenters. The fourth-order valence-corrected chi connectivity index (χ4v) is 3.27. The molecule has 100 valence electrons. The highest BCUT2D eigenvalue weighted by Gasteiger charge is 2.27. The van der Waals surface area contributed by atoms with Crippen LogP contribution in [0, 0.1) is 18.8 Å². The normalized spacial score (nSPS) is 25.9. The average molecular weight is 246 g/mol. The minimum atomic E-state index is 0.482. The van der Waals surface area contributed by atoms with Crippen LogP contribution in [-0.4, -0.2) is 12.0 Å². The smallest absolute Gasteiger partial charge is 0.0372 e. The minimum absolute atomic E-state index is 0.482. The summed E-state index contributed by atoms with van der Waals surface area (Å²) in [5, 5.41) is 3.50. The molecule has 0 amide bonds. The average Bonchev–Trinajstić information content (AvgIpc) is 2.42. The maximum absolute atomic E-state index is 4.43. The Morgan fingerprint density at radius 2 is 2.00 bits per heavy atom. The molecule has 0 spiro atoms. The molecule has 0 aliphatic heterocycles. The van der Waals surface area contributed by atoms with Crippen molar-refractivity contribution < 1.29 is 0 Å². The van der Waals surface area contributed by atoms with Gasteiger partial charge in [-0.15, -0.1) is 0 Å². The van der Waals surface area contributed by atoms with Crippen LogP contribution in [0.5, 0.6) is 0 Å². The van der Waals surface area contributed by atoms with E-state index < -0.39 is 0 Å². The predicted octanol–water partition coefficient (Wildman–Crippen LogP) is 3.87. The highest BCUT2D eigenvalue weighted by Crippen LogP contribution is 2.37. The van der Waals surface area contributed by atoms with Crippen molar-refractivity contribution in [3.63, 3.8) is 0 Å². The second kappa shape index (κ2) is 6.33. The van der Waals surface area contributed by atoms with Gasteiger partial charge in [0, 0.05) is 17.9 Å². The monoisotopic (exact) mass is 246 g/mol. The lowest BCUT2D eigenvalue weighted by Crippen LogP contribution is -2.28. The van der Waals surface area contributed by atoms with Crippen LogP contribution in [0.25, 0.3) is 0 Å². The molecule has 2 nitrogen and oxygen atoms in total. The molecule has 1 saturated carbocycles. The molecular formula is C16H26N2. The Labute approximate surface area is 111 Å². The topological polar surface area (TPSA) is 24.9 Å². The molecule has 0 radical (unpaired) electrons. The Kier molecular flexibility index (Phi) is 4.76. The van der Waals surface area contributed by atoms with Crippen molar-refractivity contribution in [3.05, 3.63) is 29.6 Å². The van der Waals surface area contributed by atoms with E-state index in [9.17, 15) is 0 Å². The first-order valence-electron chi connectivity index (χ1n) is 7.34. The van der Waals surface area contributed by atoms with Crippen LogP contribution < -0.4 is 5.32 Å². The van der Waals surface area contributed by atoms with Gasteiger partial charge in [0.1, 0.15) is 0 Å². The van der Waals surface area contributed by atoms with Crippen LogP contribution in [0.1, 0.15) is 56.3 Å². The summed E-state index contributed by atoms with van der Waals surface area (Å²) in [5.74, 6) is 1.75. The fourth-order valence-electron chi connectivity index (χ4n) is 3.27. The minimum Gasteiger partial charge on any atom is -0.313 e. The van der Waals surface area contributed by atoms with Crippen LogP contribution in [0.15, 0.2) is 18.3 Å². The number of rotatable bonds is 4. The fraction of sp³-hybridized carbons (Fsp3) is 0.688. The number of hydrogen-bond acceptors (Lipinski definition) is 2. The summed E-state index contributed by atoms with van der Waals surface area (Å²) in [5.41, 5.74) is 2.45. The maximum Gasteiger partial charge on any atom is 0.0372 e. The van der Waals surface area contributed by atoms with E-state index >= 15 is 0 Å². The molecule has 1 aromatic rings. The molecule has 1 unspecified atom stereocenters. The number of pyridine rings is 1. The van der Waals surface area contributed by atoms with Crippen LogP contribution in [-0.2, 0) is 0 Å². The van der Waals surface area contributed by atoms with Crippen molar-refractivity contribution in [1.29, 1.82) is 0 Å². The van der Waals surface area contributed by atoms with Crippen molar-refractivity contribution >= 4 is 0 Å². The van der Waals surface area contributed by atoms with Gasteiger partial charge < -0.3 is 5.32 Å². The van der Waals surface area contributed by atoms with E-state index in [2.05, 4.69) is 36.4 Å². The molecule has 0 aromatic carbocycles. The van der Waals surface area contributed by atoms with Gasteiger partial charge in [-0.3, -0.25) is 4.98 Å². The van der Waals surface area contributed by atoms with Crippen LogP contribution >= 0.6 is 0 Å². The summed E-state index contributed by atoms with van der Waals surface area (Å²) in [6.45, 7) is 4.37. The molecular weight excluding hydrogens is 220 g/mol. The first-order valence-corrected chi connectivity index (χ1v) is 7.34. The molecule has 0 saturated heterocycles. The zero-order valence-corrected chi connectivity index (χ0v) is 11.9. The van der Waals surface area contributed by atoms with E-state index in [1.165, 1.54) is 37.7 Å². The maximum atomic E-state index is 4.43. The number of aryl methyl sites for hydroxylation is 1. The third kappa shape index (κ3) is 3.11. The molecule has 2 rings (SSSR count). The SMILES string of the molecule is CCC1CCC(C(NC)c2ccc(C)nc2)CC1. The van der Waals surface area contributed by atoms with Gasteiger partial charge in [-0.05, 0) is 50.3 Å². The number of aromatic nitrogens is 1. The number of nitrogens with zero attached hydrogens (tertiary/aromatic N) is 1. The molecule has 1 heterocycles. The number of hydrogen-bond donors (Lipinski definition) is 1. The Balaban J connectivity index is 2.03. The van der Waals surface area contributed by atoms with Crippen molar-refractivity contribution in [3.8, 4) is 0 Å². The highest BCUT2D eigenvalue weighted by atomic mass is 14.9. The van der Waals surface area contributed by atoms with E-state index in [0.717, 1.165) is 17.5 Å². The van der Waals surface area contributed by atoms with Crippen molar-refractivity contribution in [2.24, 2.45) is 11.8 Å². The van der Waals surface area contributed by atoms with Crippen LogP contribution in [0.3, 0.4) is 0 Å². The standard InChI is InChI=1S/C16H26N2/c1-4-13-6-9-14(10-7-13)16(17-3)15-8-5-12(2)18-11-15/h5,8,11,13-14,16-17H,4,6-7,9-10H2,1-3H3. The first kappa shape index (κ1) is 13.5. The molecule has 1 aliphatic carbocycles. The lowest BCUT2D eigenvalue weighted by atomic mass is 9.76. The molecule has 1 fully saturated rings. The van der Waals surface area contributed by atoms with Crippen LogP contribution in [0.4, 0.5) is 0 Å². The third-order valence-corrected chi connectivity index (χ3v) is 4.54. The van der Waals surface area contributed by atoms with Gasteiger partial charge in [0.05, 0.1) is 0 Å². The zero-order valence-electron chi connectivity index (χ0n) is 11.9. The summed E-state index contributed by atoms with van der Waals surface area (Å²) in [4.78, 5) is 4.43. The zero-order chi connectivity index (χ0) is 13.0. The summed E-state index contributed by atoms with van der Waals surface area (Å²) in [6.07, 6.45) is 8.92. The number of nitrogens with one attached hydrogen (secondary N) is 1. The Bertz CT molecular complexity index is 350. The summed E-state index contributed by atoms with van der Waals surface area (Å²) in [6, 6.07) is 4.84. The van der Waals surface area contributed by atoms with Crippen molar-refractivity contribution in [2.45, 2.75) is 52.0 Å². The lowest BCUT2D eigenvalue weighted by molar-refractivity contribution is 0.224.